The van der Waals surface area contributed by atoms with Crippen molar-refractivity contribution in [1.82, 2.24) is 0 Å². The minimum absolute atomic E-state index is 0.00522. The number of benzene rings is 1. The Kier molecular flexibility index (Phi) is 5.85. The number of hydrogen-bond acceptors (Lipinski definition) is 5. The first-order valence-electron chi connectivity index (χ1n) is 9.91. The normalized spacial score (nSPS) is 23.1. The molecule has 0 heterocycles. The molecule has 5 nitrogen and oxygen atoms in total. The van der Waals surface area contributed by atoms with Crippen molar-refractivity contribution in [3.63, 3.8) is 0 Å². The summed E-state index contributed by atoms with van der Waals surface area (Å²) in [5, 5.41) is 21.6. The maximum absolute atomic E-state index is 13.1. The smallest absolute Gasteiger partial charge is 0.163 e. The van der Waals surface area contributed by atoms with E-state index >= 15 is 0 Å². The van der Waals surface area contributed by atoms with Crippen molar-refractivity contribution in [2.75, 3.05) is 0 Å². The second-order valence-electron chi connectivity index (χ2n) is 10.0. The van der Waals surface area contributed by atoms with E-state index in [9.17, 15) is 24.6 Å². The van der Waals surface area contributed by atoms with Crippen LogP contribution in [0, 0.1) is 16.7 Å². The third kappa shape index (κ3) is 4.28. The predicted octanol–water partition coefficient (Wildman–Crippen LogP) is 5.56. The van der Waals surface area contributed by atoms with Gasteiger partial charge in [0.15, 0.2) is 5.78 Å². The van der Waals surface area contributed by atoms with Crippen molar-refractivity contribution < 1.29 is 24.6 Å². The molecule has 0 bridgehead atoms. The number of aliphatic hydroxyl groups excluding tert-OH is 1. The summed E-state index contributed by atoms with van der Waals surface area (Å²) in [6.07, 6.45) is 0.685. The maximum Gasteiger partial charge on any atom is 0.163 e. The van der Waals surface area contributed by atoms with E-state index in [0.29, 0.717) is 0 Å². The van der Waals surface area contributed by atoms with Crippen LogP contribution < -0.4 is 0 Å². The summed E-state index contributed by atoms with van der Waals surface area (Å²) in [5.74, 6) is -3.85. The lowest BCUT2D eigenvalue weighted by Gasteiger charge is -2.39. The molecular formula is C23H26Cl2O5. The minimum atomic E-state index is -1.19. The maximum atomic E-state index is 13.1. The standard InChI is InChI=1S/C23H26Cl2O5/c1-22(2)7-14(26)19(15(27)8-22)18(12-5-11(24)6-13(25)21(12)30)20-16(28)9-23(3,4)10-17(20)29/h5-6,18-19,28,30H,7-10H2,1-4H3/t18-/m0/s1. The topological polar surface area (TPSA) is 91.7 Å². The average Bonchev–Trinajstić information content (AvgIpc) is 2.53. The zero-order valence-electron chi connectivity index (χ0n) is 17.5. The number of ketones is 3. The number of phenolic OH excluding ortho intramolecular Hbond substituents is 1. The lowest BCUT2D eigenvalue weighted by atomic mass is 9.62. The number of aromatic hydroxyl groups is 1. The molecule has 0 aromatic heterocycles. The van der Waals surface area contributed by atoms with Gasteiger partial charge in [-0.15, -0.1) is 0 Å². The lowest BCUT2D eigenvalue weighted by molar-refractivity contribution is -0.140. The monoisotopic (exact) mass is 452 g/mol. The van der Waals surface area contributed by atoms with Crippen LogP contribution in [0.25, 0.3) is 0 Å². The molecular weight excluding hydrogens is 427 g/mol. The van der Waals surface area contributed by atoms with Crippen LogP contribution in [-0.4, -0.2) is 27.6 Å². The second-order valence-corrected chi connectivity index (χ2v) is 10.9. The van der Waals surface area contributed by atoms with Crippen LogP contribution in [0.3, 0.4) is 0 Å². The van der Waals surface area contributed by atoms with E-state index in [-0.39, 0.29) is 75.7 Å². The Morgan fingerprint density at radius 2 is 1.43 bits per heavy atom. The number of halogens is 2. The summed E-state index contributed by atoms with van der Waals surface area (Å²) < 4.78 is 0. The highest BCUT2D eigenvalue weighted by Gasteiger charge is 2.49. The molecule has 1 fully saturated rings. The second kappa shape index (κ2) is 7.69. The van der Waals surface area contributed by atoms with Crippen LogP contribution in [0.15, 0.2) is 23.5 Å². The van der Waals surface area contributed by atoms with Gasteiger partial charge in [-0.1, -0.05) is 50.9 Å². The van der Waals surface area contributed by atoms with Crippen LogP contribution in [0.1, 0.15) is 64.9 Å². The number of carbonyl (C=O) groups excluding carboxylic acids is 3. The molecule has 0 unspecified atom stereocenters. The number of phenols is 1. The third-order valence-electron chi connectivity index (χ3n) is 5.93. The van der Waals surface area contributed by atoms with Crippen LogP contribution >= 0.6 is 23.2 Å². The van der Waals surface area contributed by atoms with Crippen molar-refractivity contribution in [1.29, 1.82) is 0 Å². The fraction of sp³-hybridized carbons (Fsp3) is 0.522. The molecule has 30 heavy (non-hydrogen) atoms. The van der Waals surface area contributed by atoms with Crippen molar-refractivity contribution in [3.8, 4) is 5.75 Å². The molecule has 0 aliphatic heterocycles. The zero-order valence-corrected chi connectivity index (χ0v) is 19.0. The number of allylic oxidation sites excluding steroid dienone is 2. The molecule has 1 saturated carbocycles. The average molecular weight is 453 g/mol. The molecule has 7 heteroatoms. The number of carbonyl (C=O) groups is 3. The van der Waals surface area contributed by atoms with Gasteiger partial charge in [-0.25, -0.2) is 0 Å². The summed E-state index contributed by atoms with van der Waals surface area (Å²) in [6, 6.07) is 2.74. The molecule has 1 aromatic carbocycles. The van der Waals surface area contributed by atoms with Gasteiger partial charge in [0.1, 0.15) is 23.1 Å². The number of hydrogen-bond donors (Lipinski definition) is 2. The van der Waals surface area contributed by atoms with Crippen molar-refractivity contribution in [2.45, 2.75) is 59.3 Å². The summed E-state index contributed by atoms with van der Waals surface area (Å²) in [7, 11) is 0. The quantitative estimate of drug-likeness (QED) is 0.585. The molecule has 0 amide bonds. The van der Waals surface area contributed by atoms with E-state index in [0.717, 1.165) is 0 Å². The molecule has 3 rings (SSSR count). The van der Waals surface area contributed by atoms with Crippen LogP contribution in [-0.2, 0) is 14.4 Å². The Bertz CT molecular complexity index is 954. The van der Waals surface area contributed by atoms with Gasteiger partial charge >= 0.3 is 0 Å². The van der Waals surface area contributed by atoms with Crippen LogP contribution in [0.5, 0.6) is 5.75 Å². The Morgan fingerprint density at radius 3 is 1.97 bits per heavy atom. The highest BCUT2D eigenvalue weighted by atomic mass is 35.5. The number of aliphatic hydroxyl groups is 1. The molecule has 0 radical (unpaired) electrons. The minimum Gasteiger partial charge on any atom is -0.512 e. The highest BCUT2D eigenvalue weighted by Crippen LogP contribution is 2.50. The highest BCUT2D eigenvalue weighted by molar-refractivity contribution is 6.35. The summed E-state index contributed by atoms with van der Waals surface area (Å²) >= 11 is 12.3. The largest absolute Gasteiger partial charge is 0.512 e. The fourth-order valence-electron chi connectivity index (χ4n) is 4.76. The molecule has 162 valence electrons. The molecule has 2 aliphatic carbocycles. The predicted molar refractivity (Wildman–Crippen MR) is 115 cm³/mol. The molecule has 0 saturated heterocycles. The molecule has 1 atom stereocenters. The van der Waals surface area contributed by atoms with Crippen molar-refractivity contribution in [2.24, 2.45) is 16.7 Å². The van der Waals surface area contributed by atoms with E-state index < -0.39 is 22.7 Å². The Hall–Kier alpha value is -1.85. The van der Waals surface area contributed by atoms with E-state index in [1.165, 1.54) is 12.1 Å². The zero-order chi connectivity index (χ0) is 22.6. The van der Waals surface area contributed by atoms with Gasteiger partial charge in [-0.05, 0) is 23.0 Å². The van der Waals surface area contributed by atoms with Gasteiger partial charge in [0, 0.05) is 47.8 Å². The third-order valence-corrected chi connectivity index (χ3v) is 6.44. The van der Waals surface area contributed by atoms with Crippen LogP contribution in [0.4, 0.5) is 0 Å². The van der Waals surface area contributed by atoms with Gasteiger partial charge in [0.05, 0.1) is 10.9 Å². The molecule has 0 spiro atoms. The lowest BCUT2D eigenvalue weighted by Crippen LogP contribution is -2.43. The van der Waals surface area contributed by atoms with Crippen molar-refractivity contribution >= 4 is 40.6 Å². The number of Topliss-reactive ketones (excluding diaryl/α,β-unsaturated/α-hetero) is 3. The Balaban J connectivity index is 2.25. The molecule has 2 N–H and O–H groups in total. The summed E-state index contributed by atoms with van der Waals surface area (Å²) in [6.45, 7) is 7.40. The van der Waals surface area contributed by atoms with Gasteiger partial charge in [-0.3, -0.25) is 14.4 Å². The Labute approximate surface area is 186 Å². The summed E-state index contributed by atoms with van der Waals surface area (Å²) in [5.41, 5.74) is -0.841. The summed E-state index contributed by atoms with van der Waals surface area (Å²) in [4.78, 5) is 39.3. The van der Waals surface area contributed by atoms with E-state index in [4.69, 9.17) is 23.2 Å². The van der Waals surface area contributed by atoms with E-state index in [1.54, 1.807) is 0 Å². The van der Waals surface area contributed by atoms with Gasteiger partial charge < -0.3 is 10.2 Å². The molecule has 2 aliphatic rings. The number of rotatable bonds is 3. The first kappa shape index (κ1) is 22.8. The first-order valence-corrected chi connectivity index (χ1v) is 10.7. The SMILES string of the molecule is CC1(C)CC(=O)C([C@@H](C2=C(O)CC(C)(C)CC2=O)c2cc(Cl)cc(Cl)c2O)C(=O)C1. The Morgan fingerprint density at radius 1 is 0.900 bits per heavy atom. The van der Waals surface area contributed by atoms with Crippen molar-refractivity contribution in [3.05, 3.63) is 39.1 Å². The van der Waals surface area contributed by atoms with Gasteiger partial charge in [0.25, 0.3) is 0 Å². The first-order chi connectivity index (χ1) is 13.7. The van der Waals surface area contributed by atoms with Crippen LogP contribution in [0.2, 0.25) is 10.0 Å². The van der Waals surface area contributed by atoms with Gasteiger partial charge in [-0.2, -0.15) is 0 Å². The van der Waals surface area contributed by atoms with E-state index in [2.05, 4.69) is 0 Å². The van der Waals surface area contributed by atoms with Gasteiger partial charge in [0.2, 0.25) is 0 Å². The fourth-order valence-corrected chi connectivity index (χ4v) is 5.27. The molecule has 1 aromatic rings. The van der Waals surface area contributed by atoms with E-state index in [1.807, 2.05) is 27.7 Å².